The molecule has 0 radical (unpaired) electrons. The molecule has 0 aliphatic carbocycles. The number of hydrogen-bond donors (Lipinski definition) is 1. The van der Waals surface area contributed by atoms with Gasteiger partial charge in [-0.05, 0) is 30.2 Å². The Hall–Kier alpha value is -1.64. The van der Waals surface area contributed by atoms with E-state index in [1.54, 1.807) is 18.2 Å². The predicted octanol–water partition coefficient (Wildman–Crippen LogP) is 1.73. The lowest BCUT2D eigenvalue weighted by Crippen LogP contribution is -2.13. The largest absolute Gasteiger partial charge is 0.352 e. The fourth-order valence-corrected chi connectivity index (χ4v) is 1.44. The van der Waals surface area contributed by atoms with Crippen LogP contribution in [0.15, 0.2) is 29.8 Å². The van der Waals surface area contributed by atoms with Crippen molar-refractivity contribution in [2.75, 3.05) is 6.54 Å². The average Bonchev–Trinajstić information content (AvgIpc) is 2.56. The molecule has 2 rings (SSSR count). The van der Waals surface area contributed by atoms with Crippen molar-refractivity contribution in [2.45, 2.75) is 6.42 Å². The molecule has 0 saturated carbocycles. The number of amides is 1. The summed E-state index contributed by atoms with van der Waals surface area (Å²) in [4.78, 5) is 11.2. The van der Waals surface area contributed by atoms with Crippen LogP contribution in [0.4, 0.5) is 4.39 Å². The van der Waals surface area contributed by atoms with Gasteiger partial charge in [-0.25, -0.2) is 4.39 Å². The third-order valence-corrected chi connectivity index (χ3v) is 2.18. The van der Waals surface area contributed by atoms with Gasteiger partial charge in [-0.15, -0.1) is 0 Å². The van der Waals surface area contributed by atoms with Crippen LogP contribution in [0.25, 0.3) is 6.08 Å². The van der Waals surface area contributed by atoms with Crippen molar-refractivity contribution in [3.05, 3.63) is 41.2 Å². The number of nitrogens with one attached hydrogen (secondary N) is 1. The molecule has 1 amide bonds. The van der Waals surface area contributed by atoms with Gasteiger partial charge < -0.3 is 5.32 Å². The zero-order valence-electron chi connectivity index (χ0n) is 7.59. The number of halogens is 1. The standard InChI is InChI=1S/C11H10FNO/c12-10-3-1-8(2-4-10)7-9-5-6-13-11(9)14/h1-4,7H,5-6H2,(H,13,14). The lowest BCUT2D eigenvalue weighted by Gasteiger charge is -1.95. The van der Waals surface area contributed by atoms with Crippen LogP contribution in [-0.2, 0) is 4.79 Å². The second kappa shape index (κ2) is 3.62. The van der Waals surface area contributed by atoms with Crippen LogP contribution in [0.2, 0.25) is 0 Å². The summed E-state index contributed by atoms with van der Waals surface area (Å²) in [7, 11) is 0. The van der Waals surface area contributed by atoms with E-state index in [0.717, 1.165) is 17.6 Å². The zero-order valence-corrected chi connectivity index (χ0v) is 7.59. The Balaban J connectivity index is 2.24. The Kier molecular flexibility index (Phi) is 2.31. The lowest BCUT2D eigenvalue weighted by atomic mass is 10.1. The van der Waals surface area contributed by atoms with E-state index >= 15 is 0 Å². The highest BCUT2D eigenvalue weighted by atomic mass is 19.1. The van der Waals surface area contributed by atoms with Crippen LogP contribution in [0.1, 0.15) is 12.0 Å². The molecule has 1 fully saturated rings. The van der Waals surface area contributed by atoms with Crippen molar-refractivity contribution in [1.29, 1.82) is 0 Å². The highest BCUT2D eigenvalue weighted by Gasteiger charge is 2.15. The van der Waals surface area contributed by atoms with Gasteiger partial charge in [-0.3, -0.25) is 4.79 Å². The zero-order chi connectivity index (χ0) is 9.97. The second-order valence-electron chi connectivity index (χ2n) is 3.23. The number of hydrogen-bond acceptors (Lipinski definition) is 1. The number of rotatable bonds is 1. The summed E-state index contributed by atoms with van der Waals surface area (Å²) in [6.07, 6.45) is 2.54. The van der Waals surface area contributed by atoms with E-state index in [1.165, 1.54) is 12.1 Å². The molecule has 0 bridgehead atoms. The highest BCUT2D eigenvalue weighted by Crippen LogP contribution is 2.13. The first-order valence-corrected chi connectivity index (χ1v) is 4.50. The molecule has 1 aromatic carbocycles. The quantitative estimate of drug-likeness (QED) is 0.673. The van der Waals surface area contributed by atoms with E-state index in [1.807, 2.05) is 0 Å². The first kappa shape index (κ1) is 8.94. The van der Waals surface area contributed by atoms with Gasteiger partial charge in [0.05, 0.1) is 0 Å². The number of carbonyl (C=O) groups is 1. The van der Waals surface area contributed by atoms with Gasteiger partial charge in [0.1, 0.15) is 5.82 Å². The summed E-state index contributed by atoms with van der Waals surface area (Å²) in [5.74, 6) is -0.280. The van der Waals surface area contributed by atoms with E-state index in [4.69, 9.17) is 0 Å². The Bertz CT molecular complexity index is 381. The molecule has 2 nitrogen and oxygen atoms in total. The van der Waals surface area contributed by atoms with E-state index in [0.29, 0.717) is 6.54 Å². The fraction of sp³-hybridized carbons (Fsp3) is 0.182. The normalized spacial score (nSPS) is 18.6. The summed E-state index contributed by atoms with van der Waals surface area (Å²) >= 11 is 0. The van der Waals surface area contributed by atoms with Gasteiger partial charge in [0.25, 0.3) is 0 Å². The molecule has 0 unspecified atom stereocenters. The smallest absolute Gasteiger partial charge is 0.247 e. The Morgan fingerprint density at radius 3 is 2.57 bits per heavy atom. The van der Waals surface area contributed by atoms with Crippen molar-refractivity contribution < 1.29 is 9.18 Å². The molecule has 1 aliphatic heterocycles. The number of carbonyl (C=O) groups excluding carboxylic acids is 1. The molecule has 0 spiro atoms. The van der Waals surface area contributed by atoms with Gasteiger partial charge in [-0.2, -0.15) is 0 Å². The maximum Gasteiger partial charge on any atom is 0.247 e. The Morgan fingerprint density at radius 1 is 1.29 bits per heavy atom. The summed E-state index contributed by atoms with van der Waals surface area (Å²) in [5, 5.41) is 2.72. The Labute approximate surface area is 81.4 Å². The number of benzene rings is 1. The first-order valence-electron chi connectivity index (χ1n) is 4.50. The molecule has 1 heterocycles. The molecule has 72 valence electrons. The average molecular weight is 191 g/mol. The molecule has 1 aliphatic rings. The minimum Gasteiger partial charge on any atom is -0.352 e. The van der Waals surface area contributed by atoms with Gasteiger partial charge >= 0.3 is 0 Å². The molecule has 14 heavy (non-hydrogen) atoms. The van der Waals surface area contributed by atoms with Crippen LogP contribution < -0.4 is 5.32 Å². The third kappa shape index (κ3) is 1.82. The minimum atomic E-state index is -0.261. The van der Waals surface area contributed by atoms with Crippen LogP contribution in [-0.4, -0.2) is 12.5 Å². The van der Waals surface area contributed by atoms with Crippen molar-refractivity contribution in [1.82, 2.24) is 5.32 Å². The van der Waals surface area contributed by atoms with Crippen LogP contribution in [0.5, 0.6) is 0 Å². The van der Waals surface area contributed by atoms with Crippen molar-refractivity contribution in [3.8, 4) is 0 Å². The molecular weight excluding hydrogens is 181 g/mol. The summed E-state index contributed by atoms with van der Waals surface area (Å²) < 4.78 is 12.6. The highest BCUT2D eigenvalue weighted by molar-refractivity contribution is 5.99. The van der Waals surface area contributed by atoms with Gasteiger partial charge in [0, 0.05) is 12.1 Å². The molecule has 0 aromatic heterocycles. The van der Waals surface area contributed by atoms with E-state index < -0.39 is 0 Å². The predicted molar refractivity (Wildman–Crippen MR) is 52.0 cm³/mol. The summed E-state index contributed by atoms with van der Waals surface area (Å²) in [6.45, 7) is 0.700. The van der Waals surface area contributed by atoms with Gasteiger partial charge in [0.2, 0.25) is 5.91 Å². The molecule has 1 aromatic rings. The molecule has 1 N–H and O–H groups in total. The Morgan fingerprint density at radius 2 is 2.00 bits per heavy atom. The van der Waals surface area contributed by atoms with Crippen LogP contribution >= 0.6 is 0 Å². The molecule has 0 atom stereocenters. The monoisotopic (exact) mass is 191 g/mol. The van der Waals surface area contributed by atoms with Crippen molar-refractivity contribution in [2.24, 2.45) is 0 Å². The van der Waals surface area contributed by atoms with E-state index in [-0.39, 0.29) is 11.7 Å². The topological polar surface area (TPSA) is 29.1 Å². The molecule has 3 heteroatoms. The van der Waals surface area contributed by atoms with Crippen molar-refractivity contribution in [3.63, 3.8) is 0 Å². The molecule has 1 saturated heterocycles. The van der Waals surface area contributed by atoms with Crippen LogP contribution in [0.3, 0.4) is 0 Å². The minimum absolute atomic E-state index is 0.0191. The van der Waals surface area contributed by atoms with Gasteiger partial charge in [-0.1, -0.05) is 12.1 Å². The van der Waals surface area contributed by atoms with E-state index in [2.05, 4.69) is 5.32 Å². The summed E-state index contributed by atoms with van der Waals surface area (Å²) in [6, 6.07) is 6.10. The van der Waals surface area contributed by atoms with E-state index in [9.17, 15) is 9.18 Å². The SMILES string of the molecule is O=C1NCCC1=Cc1ccc(F)cc1. The lowest BCUT2D eigenvalue weighted by molar-refractivity contribution is -0.116. The maximum atomic E-state index is 12.6. The van der Waals surface area contributed by atoms with Gasteiger partial charge in [0.15, 0.2) is 0 Å². The second-order valence-corrected chi connectivity index (χ2v) is 3.23. The van der Waals surface area contributed by atoms with Crippen molar-refractivity contribution >= 4 is 12.0 Å². The maximum absolute atomic E-state index is 12.6. The summed E-state index contributed by atoms with van der Waals surface area (Å²) in [5.41, 5.74) is 1.62. The molecular formula is C11H10FNO. The first-order chi connectivity index (χ1) is 6.75. The van der Waals surface area contributed by atoms with Crippen LogP contribution in [0, 0.1) is 5.82 Å². The third-order valence-electron chi connectivity index (χ3n) is 2.18. The fourth-order valence-electron chi connectivity index (χ4n) is 1.44.